The molecule has 0 fully saturated rings. The highest BCUT2D eigenvalue weighted by Gasteiger charge is 2.22. The SMILES string of the molecule is COc1ccc(NS(=O)(=O)c2ccc(N/N=C/c3ccc(OC(=O)c4cccs4)c(OC)c3)c([N+](=O)[O-])c2)cc1. The number of nitro groups is 1. The van der Waals surface area contributed by atoms with E-state index in [-0.39, 0.29) is 27.8 Å². The Balaban J connectivity index is 1.48. The molecule has 40 heavy (non-hydrogen) atoms. The topological polar surface area (TPSA) is 158 Å². The van der Waals surface area contributed by atoms with Crippen molar-refractivity contribution < 1.29 is 32.3 Å². The number of esters is 1. The fourth-order valence-corrected chi connectivity index (χ4v) is 5.04. The monoisotopic (exact) mass is 582 g/mol. The Morgan fingerprint density at radius 1 is 1.00 bits per heavy atom. The van der Waals surface area contributed by atoms with E-state index in [1.54, 1.807) is 41.8 Å². The Bertz CT molecular complexity index is 1650. The van der Waals surface area contributed by atoms with Gasteiger partial charge in [0, 0.05) is 11.8 Å². The summed E-state index contributed by atoms with van der Waals surface area (Å²) < 4.78 is 43.7. The molecule has 12 nitrogen and oxygen atoms in total. The molecule has 3 aromatic carbocycles. The molecule has 0 unspecified atom stereocenters. The molecular formula is C26H22N4O8S2. The molecule has 0 aliphatic heterocycles. The predicted molar refractivity (Wildman–Crippen MR) is 150 cm³/mol. The van der Waals surface area contributed by atoms with E-state index in [0.717, 1.165) is 6.07 Å². The lowest BCUT2D eigenvalue weighted by molar-refractivity contribution is -0.384. The minimum atomic E-state index is -4.11. The van der Waals surface area contributed by atoms with Crippen LogP contribution in [-0.2, 0) is 10.0 Å². The van der Waals surface area contributed by atoms with Gasteiger partial charge >= 0.3 is 5.97 Å². The van der Waals surface area contributed by atoms with Gasteiger partial charge in [-0.15, -0.1) is 11.3 Å². The number of sulfonamides is 1. The van der Waals surface area contributed by atoms with Gasteiger partial charge in [0.1, 0.15) is 16.3 Å². The van der Waals surface area contributed by atoms with Crippen LogP contribution in [0.15, 0.2) is 88.2 Å². The zero-order valence-corrected chi connectivity index (χ0v) is 22.7. The fourth-order valence-electron chi connectivity index (χ4n) is 3.37. The van der Waals surface area contributed by atoms with Crippen LogP contribution in [0.25, 0.3) is 0 Å². The van der Waals surface area contributed by atoms with Gasteiger partial charge in [0.05, 0.1) is 30.3 Å². The third-order valence-electron chi connectivity index (χ3n) is 5.33. The molecule has 0 radical (unpaired) electrons. The summed E-state index contributed by atoms with van der Waals surface area (Å²) in [5.41, 5.74) is 2.83. The number of methoxy groups -OCH3 is 2. The first-order valence-electron chi connectivity index (χ1n) is 11.4. The molecule has 0 spiro atoms. The smallest absolute Gasteiger partial charge is 0.353 e. The summed E-state index contributed by atoms with van der Waals surface area (Å²) in [5.74, 6) is 0.510. The highest BCUT2D eigenvalue weighted by molar-refractivity contribution is 7.92. The molecule has 0 amide bonds. The summed E-state index contributed by atoms with van der Waals surface area (Å²) in [6.45, 7) is 0. The molecule has 2 N–H and O–H groups in total. The van der Waals surface area contributed by atoms with Crippen molar-refractivity contribution in [3.8, 4) is 17.2 Å². The zero-order chi connectivity index (χ0) is 28.7. The van der Waals surface area contributed by atoms with Gasteiger partial charge in [-0.2, -0.15) is 5.10 Å². The average molecular weight is 583 g/mol. The van der Waals surface area contributed by atoms with E-state index in [9.17, 15) is 23.3 Å². The maximum Gasteiger partial charge on any atom is 0.353 e. The van der Waals surface area contributed by atoms with E-state index < -0.39 is 26.6 Å². The van der Waals surface area contributed by atoms with Crippen molar-refractivity contribution in [2.24, 2.45) is 5.10 Å². The van der Waals surface area contributed by atoms with Gasteiger partial charge in [-0.25, -0.2) is 13.2 Å². The van der Waals surface area contributed by atoms with Crippen molar-refractivity contribution in [1.29, 1.82) is 0 Å². The second-order valence-electron chi connectivity index (χ2n) is 7.92. The molecule has 0 bridgehead atoms. The number of anilines is 2. The number of nitrogens with zero attached hydrogens (tertiary/aromatic N) is 2. The summed E-state index contributed by atoms with van der Waals surface area (Å²) in [6, 6.07) is 17.6. The van der Waals surface area contributed by atoms with E-state index in [4.69, 9.17) is 14.2 Å². The highest BCUT2D eigenvalue weighted by Crippen LogP contribution is 2.30. The van der Waals surface area contributed by atoms with E-state index in [1.807, 2.05) is 0 Å². The van der Waals surface area contributed by atoms with Crippen LogP contribution in [0.3, 0.4) is 0 Å². The molecule has 4 aromatic rings. The third-order valence-corrected chi connectivity index (χ3v) is 7.56. The second-order valence-corrected chi connectivity index (χ2v) is 10.5. The quantitative estimate of drug-likeness (QED) is 0.0803. The third kappa shape index (κ3) is 6.73. The van der Waals surface area contributed by atoms with Gasteiger partial charge < -0.3 is 14.2 Å². The summed E-state index contributed by atoms with van der Waals surface area (Å²) in [5, 5.41) is 17.5. The number of rotatable bonds is 11. The van der Waals surface area contributed by atoms with Crippen molar-refractivity contribution in [1.82, 2.24) is 0 Å². The highest BCUT2D eigenvalue weighted by atomic mass is 32.2. The number of ether oxygens (including phenoxy) is 3. The fraction of sp³-hybridized carbons (Fsp3) is 0.0769. The number of hydrazone groups is 1. The Morgan fingerprint density at radius 3 is 2.42 bits per heavy atom. The minimum absolute atomic E-state index is 0.0295. The lowest BCUT2D eigenvalue weighted by atomic mass is 10.2. The minimum Gasteiger partial charge on any atom is -0.497 e. The maximum absolute atomic E-state index is 12.8. The number of hydrogen-bond acceptors (Lipinski definition) is 11. The second kappa shape index (κ2) is 12.3. The molecule has 0 atom stereocenters. The Hall–Kier alpha value is -4.95. The van der Waals surface area contributed by atoms with E-state index in [2.05, 4.69) is 15.2 Å². The lowest BCUT2D eigenvalue weighted by Gasteiger charge is -2.10. The number of hydrogen-bond donors (Lipinski definition) is 2. The van der Waals surface area contributed by atoms with Crippen LogP contribution in [-0.4, -0.2) is 39.7 Å². The van der Waals surface area contributed by atoms with Crippen molar-refractivity contribution in [2.75, 3.05) is 24.4 Å². The molecule has 1 aromatic heterocycles. The Kier molecular flexibility index (Phi) is 8.61. The predicted octanol–water partition coefficient (Wildman–Crippen LogP) is 5.14. The molecule has 0 saturated heterocycles. The molecule has 4 rings (SSSR count). The number of carbonyl (C=O) groups is 1. The number of thiophene rings is 1. The van der Waals surface area contributed by atoms with Crippen LogP contribution in [0.5, 0.6) is 17.2 Å². The normalized spacial score (nSPS) is 11.2. The van der Waals surface area contributed by atoms with Gasteiger partial charge in [0.2, 0.25) is 0 Å². The first-order chi connectivity index (χ1) is 19.2. The molecule has 0 aliphatic rings. The number of nitrogens with one attached hydrogen (secondary N) is 2. The molecule has 14 heteroatoms. The first kappa shape index (κ1) is 28.1. The zero-order valence-electron chi connectivity index (χ0n) is 21.1. The Morgan fingerprint density at radius 2 is 1.77 bits per heavy atom. The molecule has 206 valence electrons. The van der Waals surface area contributed by atoms with Crippen LogP contribution >= 0.6 is 11.3 Å². The van der Waals surface area contributed by atoms with Gasteiger partial charge in [0.25, 0.3) is 15.7 Å². The average Bonchev–Trinajstić information content (AvgIpc) is 3.49. The van der Waals surface area contributed by atoms with Crippen LogP contribution in [0, 0.1) is 10.1 Å². The lowest BCUT2D eigenvalue weighted by Crippen LogP contribution is -2.13. The van der Waals surface area contributed by atoms with Gasteiger partial charge in [-0.3, -0.25) is 20.3 Å². The van der Waals surface area contributed by atoms with Gasteiger partial charge in [0.15, 0.2) is 11.5 Å². The number of benzene rings is 3. The summed E-state index contributed by atoms with van der Waals surface area (Å²) in [7, 11) is -1.22. The largest absolute Gasteiger partial charge is 0.497 e. The first-order valence-corrected chi connectivity index (χ1v) is 13.7. The van der Waals surface area contributed by atoms with Crippen LogP contribution in [0.4, 0.5) is 17.1 Å². The van der Waals surface area contributed by atoms with Crippen molar-refractivity contribution in [3.63, 3.8) is 0 Å². The van der Waals surface area contributed by atoms with E-state index in [1.165, 1.54) is 62.1 Å². The van der Waals surface area contributed by atoms with Crippen LogP contribution < -0.4 is 24.4 Å². The molecular weight excluding hydrogens is 560 g/mol. The summed E-state index contributed by atoms with van der Waals surface area (Å²) in [6.07, 6.45) is 1.37. The van der Waals surface area contributed by atoms with E-state index in [0.29, 0.717) is 16.2 Å². The maximum atomic E-state index is 12.8. The standard InChI is InChI=1S/C26H22N4O8S2/c1-36-19-8-6-18(7-9-19)29-40(34,35)20-10-11-21(22(15-20)30(32)33)28-27-16-17-5-12-23(24(14-17)37-2)38-26(31)25-4-3-13-39-25/h3-16,28-29H,1-2H3/b27-16+. The number of nitro benzene ring substituents is 1. The number of carbonyl (C=O) groups excluding carboxylic acids is 1. The van der Waals surface area contributed by atoms with Crippen molar-refractivity contribution >= 4 is 50.6 Å². The molecule has 1 heterocycles. The summed E-state index contributed by atoms with van der Waals surface area (Å²) in [4.78, 5) is 23.3. The molecule has 0 saturated carbocycles. The van der Waals surface area contributed by atoms with Crippen LogP contribution in [0.1, 0.15) is 15.2 Å². The van der Waals surface area contributed by atoms with Gasteiger partial charge in [-0.05, 0) is 71.6 Å². The summed E-state index contributed by atoms with van der Waals surface area (Å²) >= 11 is 1.25. The van der Waals surface area contributed by atoms with Crippen molar-refractivity contribution in [3.05, 3.63) is 98.7 Å². The van der Waals surface area contributed by atoms with Crippen molar-refractivity contribution in [2.45, 2.75) is 4.90 Å². The van der Waals surface area contributed by atoms with Crippen LogP contribution in [0.2, 0.25) is 0 Å². The molecule has 0 aliphatic carbocycles. The van der Waals surface area contributed by atoms with E-state index >= 15 is 0 Å². The Labute approximate surface area is 233 Å². The van der Waals surface area contributed by atoms with Gasteiger partial charge in [-0.1, -0.05) is 6.07 Å².